The van der Waals surface area contributed by atoms with Crippen molar-refractivity contribution in [3.63, 3.8) is 0 Å². The maximum absolute atomic E-state index is 12.7. The van der Waals surface area contributed by atoms with Crippen molar-refractivity contribution in [3.05, 3.63) is 26.7 Å². The van der Waals surface area contributed by atoms with Crippen molar-refractivity contribution in [2.45, 2.75) is 43.7 Å². The lowest BCUT2D eigenvalue weighted by Crippen LogP contribution is -2.38. The molecule has 0 spiro atoms. The zero-order valence-electron chi connectivity index (χ0n) is 16.4. The van der Waals surface area contributed by atoms with Gasteiger partial charge in [0.25, 0.3) is 5.56 Å². The van der Waals surface area contributed by atoms with Crippen molar-refractivity contribution >= 4 is 28.7 Å². The van der Waals surface area contributed by atoms with E-state index in [0.717, 1.165) is 30.4 Å². The predicted octanol–water partition coefficient (Wildman–Crippen LogP) is 0.367. The zero-order chi connectivity index (χ0) is 20.3. The Morgan fingerprint density at radius 3 is 2.75 bits per heavy atom. The number of thioether (sulfide) groups is 1. The number of ether oxygens (including phenoxy) is 1. The summed E-state index contributed by atoms with van der Waals surface area (Å²) in [5, 5.41) is 3.56. The number of hydrogen-bond donors (Lipinski definition) is 1. The maximum Gasteiger partial charge on any atom is 0.332 e. The Morgan fingerprint density at radius 1 is 1.29 bits per heavy atom. The number of aryl methyl sites for hydroxylation is 2. The van der Waals surface area contributed by atoms with Crippen molar-refractivity contribution in [2.75, 3.05) is 18.9 Å². The smallest absolute Gasteiger partial charge is 0.332 e. The summed E-state index contributed by atoms with van der Waals surface area (Å²) in [6, 6.07) is 0. The van der Waals surface area contributed by atoms with Gasteiger partial charge in [-0.2, -0.15) is 0 Å². The average Bonchev–Trinajstić information content (AvgIpc) is 3.21. The topological polar surface area (TPSA) is 108 Å². The molecule has 0 saturated carbocycles. The van der Waals surface area contributed by atoms with Crippen LogP contribution in [0.4, 0.5) is 0 Å². The van der Waals surface area contributed by atoms with Crippen LogP contribution < -0.4 is 16.6 Å². The van der Waals surface area contributed by atoms with E-state index in [-0.39, 0.29) is 23.2 Å². The third-order valence-electron chi connectivity index (χ3n) is 4.68. The fourth-order valence-electron chi connectivity index (χ4n) is 3.13. The van der Waals surface area contributed by atoms with E-state index in [1.807, 2.05) is 6.92 Å². The summed E-state index contributed by atoms with van der Waals surface area (Å²) in [5.74, 6) is 0.530. The number of nitrogens with one attached hydrogen (secondary N) is 1. The van der Waals surface area contributed by atoms with Crippen LogP contribution in [0.1, 0.15) is 32.0 Å². The molecule has 3 rings (SSSR count). The van der Waals surface area contributed by atoms with E-state index >= 15 is 0 Å². The van der Waals surface area contributed by atoms with E-state index in [0.29, 0.717) is 29.5 Å². The van der Waals surface area contributed by atoms with Crippen LogP contribution in [0.5, 0.6) is 0 Å². The first kappa shape index (κ1) is 20.5. The largest absolute Gasteiger partial charge is 0.376 e. The number of fused-ring (bicyclic) bond motifs is 1. The Bertz CT molecular complexity index is 994. The van der Waals surface area contributed by atoms with Gasteiger partial charge in [-0.05, 0) is 19.3 Å². The van der Waals surface area contributed by atoms with Crippen molar-refractivity contribution in [1.29, 1.82) is 0 Å². The maximum atomic E-state index is 12.7. The highest BCUT2D eigenvalue weighted by Gasteiger charge is 2.19. The Hall–Kier alpha value is -2.20. The molecule has 3 heterocycles. The SMILES string of the molecule is CCCc1nc(SCC(=O)NC[C@@H]2CCCO2)c2c(=O)n(C)c(=O)n(C)c2n1. The van der Waals surface area contributed by atoms with Gasteiger partial charge in [-0.1, -0.05) is 18.7 Å². The van der Waals surface area contributed by atoms with Gasteiger partial charge in [0.2, 0.25) is 5.91 Å². The molecule has 2 aromatic heterocycles. The van der Waals surface area contributed by atoms with Gasteiger partial charge >= 0.3 is 5.69 Å². The van der Waals surface area contributed by atoms with Crippen molar-refractivity contribution in [3.8, 4) is 0 Å². The summed E-state index contributed by atoms with van der Waals surface area (Å²) in [5.41, 5.74) is -0.596. The fraction of sp³-hybridized carbons (Fsp3) is 0.611. The molecule has 0 aromatic carbocycles. The van der Waals surface area contributed by atoms with Gasteiger partial charge in [0.15, 0.2) is 5.65 Å². The second kappa shape index (κ2) is 8.87. The van der Waals surface area contributed by atoms with E-state index in [1.54, 1.807) is 7.05 Å². The van der Waals surface area contributed by atoms with Crippen molar-refractivity contribution in [1.82, 2.24) is 24.4 Å². The number of hydrogen-bond acceptors (Lipinski definition) is 7. The monoisotopic (exact) mass is 407 g/mol. The first-order chi connectivity index (χ1) is 13.4. The summed E-state index contributed by atoms with van der Waals surface area (Å²) >= 11 is 1.19. The van der Waals surface area contributed by atoms with E-state index in [9.17, 15) is 14.4 Å². The molecule has 2 aromatic rings. The number of nitrogens with zero attached hydrogens (tertiary/aromatic N) is 4. The first-order valence-electron chi connectivity index (χ1n) is 9.40. The van der Waals surface area contributed by atoms with E-state index in [1.165, 1.54) is 23.4 Å². The molecule has 1 N–H and O–H groups in total. The van der Waals surface area contributed by atoms with Crippen LogP contribution in [0.2, 0.25) is 0 Å². The number of rotatable bonds is 7. The Balaban J connectivity index is 1.87. The quantitative estimate of drug-likeness (QED) is 0.522. The van der Waals surface area contributed by atoms with Gasteiger partial charge < -0.3 is 10.1 Å². The van der Waals surface area contributed by atoms with Crippen LogP contribution in [0.25, 0.3) is 11.0 Å². The van der Waals surface area contributed by atoms with Gasteiger partial charge in [-0.25, -0.2) is 14.8 Å². The lowest BCUT2D eigenvalue weighted by atomic mass is 10.2. The minimum Gasteiger partial charge on any atom is -0.376 e. The second-order valence-corrected chi connectivity index (χ2v) is 7.79. The van der Waals surface area contributed by atoms with Crippen LogP contribution in [-0.2, 0) is 30.0 Å². The molecular formula is C18H25N5O4S. The molecule has 1 fully saturated rings. The number of amides is 1. The third kappa shape index (κ3) is 4.27. The molecule has 9 nitrogen and oxygen atoms in total. The summed E-state index contributed by atoms with van der Waals surface area (Å²) in [7, 11) is 3.00. The molecule has 0 bridgehead atoms. The summed E-state index contributed by atoms with van der Waals surface area (Å²) in [4.78, 5) is 46.0. The summed E-state index contributed by atoms with van der Waals surface area (Å²) in [6.07, 6.45) is 3.50. The molecular weight excluding hydrogens is 382 g/mol. The Kier molecular flexibility index (Phi) is 6.50. The molecule has 1 saturated heterocycles. The lowest BCUT2D eigenvalue weighted by Gasteiger charge is -2.12. The fourth-order valence-corrected chi connectivity index (χ4v) is 3.99. The van der Waals surface area contributed by atoms with Crippen LogP contribution >= 0.6 is 11.8 Å². The normalized spacial score (nSPS) is 16.6. The Labute approximate surface area is 166 Å². The van der Waals surface area contributed by atoms with Gasteiger partial charge in [-0.3, -0.25) is 18.7 Å². The van der Waals surface area contributed by atoms with Crippen molar-refractivity contribution < 1.29 is 9.53 Å². The molecule has 1 amide bonds. The average molecular weight is 407 g/mol. The summed E-state index contributed by atoms with van der Waals surface area (Å²) < 4.78 is 7.88. The van der Waals surface area contributed by atoms with Crippen LogP contribution in [0, 0.1) is 0 Å². The highest BCUT2D eigenvalue weighted by atomic mass is 32.2. The molecule has 0 radical (unpaired) electrons. The number of carbonyl (C=O) groups excluding carboxylic acids is 1. The standard InChI is InChI=1S/C18H25N5O4S/c1-4-6-12-20-15-14(17(25)23(3)18(26)22(15)2)16(21-12)28-10-13(24)19-9-11-7-5-8-27-11/h11H,4-10H2,1-3H3,(H,19,24)/t11-/m0/s1. The molecule has 152 valence electrons. The van der Waals surface area contributed by atoms with Crippen LogP contribution in [0.15, 0.2) is 14.6 Å². The highest BCUT2D eigenvalue weighted by molar-refractivity contribution is 8.00. The molecule has 10 heteroatoms. The number of carbonyl (C=O) groups is 1. The van der Waals surface area contributed by atoms with E-state index < -0.39 is 11.2 Å². The lowest BCUT2D eigenvalue weighted by molar-refractivity contribution is -0.119. The van der Waals surface area contributed by atoms with Crippen LogP contribution in [0.3, 0.4) is 0 Å². The van der Waals surface area contributed by atoms with Gasteiger partial charge in [-0.15, -0.1) is 0 Å². The third-order valence-corrected chi connectivity index (χ3v) is 5.65. The molecule has 1 aliphatic rings. The van der Waals surface area contributed by atoms with Crippen LogP contribution in [-0.4, -0.2) is 50.0 Å². The molecule has 0 aliphatic carbocycles. The highest BCUT2D eigenvalue weighted by Crippen LogP contribution is 2.22. The minimum absolute atomic E-state index is 0.0757. The number of aromatic nitrogens is 4. The molecule has 0 unspecified atom stereocenters. The molecule has 1 atom stereocenters. The van der Waals surface area contributed by atoms with E-state index in [4.69, 9.17) is 4.74 Å². The van der Waals surface area contributed by atoms with Gasteiger partial charge in [0.1, 0.15) is 16.2 Å². The van der Waals surface area contributed by atoms with Gasteiger partial charge in [0.05, 0.1) is 11.9 Å². The predicted molar refractivity (Wildman–Crippen MR) is 107 cm³/mol. The molecule has 28 heavy (non-hydrogen) atoms. The zero-order valence-corrected chi connectivity index (χ0v) is 17.2. The first-order valence-corrected chi connectivity index (χ1v) is 10.4. The second-order valence-electron chi connectivity index (χ2n) is 6.83. The molecule has 1 aliphatic heterocycles. The minimum atomic E-state index is -0.455. The van der Waals surface area contributed by atoms with Gasteiger partial charge in [0, 0.05) is 33.7 Å². The summed E-state index contributed by atoms with van der Waals surface area (Å²) in [6.45, 7) is 3.23. The van der Waals surface area contributed by atoms with Crippen molar-refractivity contribution in [2.24, 2.45) is 14.1 Å². The van der Waals surface area contributed by atoms with E-state index in [2.05, 4.69) is 15.3 Å². The Morgan fingerprint density at radius 2 is 2.07 bits per heavy atom.